The Balaban J connectivity index is 2.31. The Bertz CT molecular complexity index is 98.9. The van der Waals surface area contributed by atoms with Gasteiger partial charge in [0.05, 0.1) is 0 Å². The summed E-state index contributed by atoms with van der Waals surface area (Å²) in [6.45, 7) is 0. The quantitative estimate of drug-likeness (QED) is 0.510. The van der Waals surface area contributed by atoms with Gasteiger partial charge in [-0.1, -0.05) is 0 Å². The topological polar surface area (TPSA) is 27.7 Å². The molecule has 0 aromatic rings. The van der Waals surface area contributed by atoms with Crippen molar-refractivity contribution in [2.45, 2.75) is 12.6 Å². The third kappa shape index (κ3) is 1.51. The Hall–Kier alpha value is -0.380. The van der Waals surface area contributed by atoms with Crippen molar-refractivity contribution in [2.75, 3.05) is 14.2 Å². The van der Waals surface area contributed by atoms with Crippen molar-refractivity contribution in [3.8, 4) is 0 Å². The molecule has 0 bridgehead atoms. The largest absolute Gasteiger partial charge is 0.352 e. The summed E-state index contributed by atoms with van der Waals surface area (Å²) in [6, 6.07) is 0. The van der Waals surface area contributed by atoms with Crippen LogP contribution in [0.4, 0.5) is 0 Å². The van der Waals surface area contributed by atoms with E-state index in [0.29, 0.717) is 0 Å². The standard InChI is InChI=1S/C6H10O3/c1-7-5-3-4-6(8-2)9-5/h3-6H,1-2H3/t5-,6-/m1/s1. The summed E-state index contributed by atoms with van der Waals surface area (Å²) in [5.74, 6) is 0. The van der Waals surface area contributed by atoms with E-state index in [4.69, 9.17) is 14.2 Å². The summed E-state index contributed by atoms with van der Waals surface area (Å²) in [5, 5.41) is 0. The van der Waals surface area contributed by atoms with Crippen LogP contribution in [0.15, 0.2) is 12.2 Å². The fourth-order valence-corrected chi connectivity index (χ4v) is 0.673. The lowest BCUT2D eigenvalue weighted by Gasteiger charge is -2.09. The predicted octanol–water partition coefficient (Wildman–Crippen LogP) is 0.518. The van der Waals surface area contributed by atoms with Gasteiger partial charge in [0.2, 0.25) is 0 Å². The summed E-state index contributed by atoms with van der Waals surface area (Å²) in [5.41, 5.74) is 0. The van der Waals surface area contributed by atoms with Crippen LogP contribution in [0.3, 0.4) is 0 Å². The van der Waals surface area contributed by atoms with E-state index in [1.165, 1.54) is 0 Å². The van der Waals surface area contributed by atoms with Crippen LogP contribution in [-0.2, 0) is 14.2 Å². The highest BCUT2D eigenvalue weighted by Gasteiger charge is 2.16. The van der Waals surface area contributed by atoms with Crippen LogP contribution >= 0.6 is 0 Å². The number of methoxy groups -OCH3 is 2. The van der Waals surface area contributed by atoms with Crippen LogP contribution in [0.5, 0.6) is 0 Å². The first-order valence-corrected chi connectivity index (χ1v) is 2.76. The molecule has 0 unspecified atom stereocenters. The van der Waals surface area contributed by atoms with E-state index < -0.39 is 0 Å². The third-order valence-corrected chi connectivity index (χ3v) is 1.16. The zero-order valence-electron chi connectivity index (χ0n) is 5.53. The maximum Gasteiger partial charge on any atom is 0.180 e. The van der Waals surface area contributed by atoms with Crippen LogP contribution in [-0.4, -0.2) is 26.8 Å². The number of hydrogen-bond acceptors (Lipinski definition) is 3. The molecule has 0 fully saturated rings. The first-order chi connectivity index (χ1) is 4.36. The molecule has 0 aromatic heterocycles. The van der Waals surface area contributed by atoms with Crippen molar-refractivity contribution in [2.24, 2.45) is 0 Å². The van der Waals surface area contributed by atoms with Crippen LogP contribution in [0, 0.1) is 0 Å². The number of rotatable bonds is 2. The Morgan fingerprint density at radius 2 is 1.56 bits per heavy atom. The molecular weight excluding hydrogens is 120 g/mol. The van der Waals surface area contributed by atoms with E-state index in [1.807, 2.05) is 12.2 Å². The second-order valence-electron chi connectivity index (χ2n) is 1.73. The maximum absolute atomic E-state index is 5.10. The van der Waals surface area contributed by atoms with Gasteiger partial charge in [-0.15, -0.1) is 0 Å². The molecule has 2 atom stereocenters. The molecule has 1 rings (SSSR count). The molecule has 1 aliphatic rings. The minimum absolute atomic E-state index is 0.227. The van der Waals surface area contributed by atoms with Gasteiger partial charge < -0.3 is 14.2 Å². The summed E-state index contributed by atoms with van der Waals surface area (Å²) in [7, 11) is 3.18. The van der Waals surface area contributed by atoms with Gasteiger partial charge in [0.15, 0.2) is 12.6 Å². The molecule has 52 valence electrons. The van der Waals surface area contributed by atoms with Gasteiger partial charge in [-0.05, 0) is 12.2 Å². The molecule has 9 heavy (non-hydrogen) atoms. The normalized spacial score (nSPS) is 33.6. The van der Waals surface area contributed by atoms with Crippen LogP contribution < -0.4 is 0 Å². The summed E-state index contributed by atoms with van der Waals surface area (Å²) in [6.07, 6.45) is 3.17. The minimum Gasteiger partial charge on any atom is -0.352 e. The van der Waals surface area contributed by atoms with E-state index in [2.05, 4.69) is 0 Å². The molecular formula is C6H10O3. The highest BCUT2D eigenvalue weighted by Crippen LogP contribution is 2.11. The molecule has 1 aliphatic heterocycles. The zero-order chi connectivity index (χ0) is 6.69. The molecule has 0 amide bonds. The molecule has 3 heteroatoms. The van der Waals surface area contributed by atoms with Crippen molar-refractivity contribution in [1.29, 1.82) is 0 Å². The maximum atomic E-state index is 5.10. The lowest BCUT2D eigenvalue weighted by atomic mass is 10.5. The lowest BCUT2D eigenvalue weighted by molar-refractivity contribution is -0.173. The molecule has 1 heterocycles. The van der Waals surface area contributed by atoms with Gasteiger partial charge in [0, 0.05) is 14.2 Å². The van der Waals surface area contributed by atoms with E-state index in [-0.39, 0.29) is 12.6 Å². The molecule has 0 N–H and O–H groups in total. The van der Waals surface area contributed by atoms with Crippen molar-refractivity contribution in [1.82, 2.24) is 0 Å². The molecule has 0 spiro atoms. The molecule has 0 saturated heterocycles. The van der Waals surface area contributed by atoms with Gasteiger partial charge in [-0.25, -0.2) is 0 Å². The van der Waals surface area contributed by atoms with E-state index in [1.54, 1.807) is 14.2 Å². The molecule has 3 nitrogen and oxygen atoms in total. The second-order valence-corrected chi connectivity index (χ2v) is 1.73. The molecule has 0 aromatic carbocycles. The van der Waals surface area contributed by atoms with Gasteiger partial charge in [-0.2, -0.15) is 0 Å². The first-order valence-electron chi connectivity index (χ1n) is 2.76. The zero-order valence-corrected chi connectivity index (χ0v) is 5.53. The predicted molar refractivity (Wildman–Crippen MR) is 31.8 cm³/mol. The first kappa shape index (κ1) is 6.74. The second kappa shape index (κ2) is 2.96. The van der Waals surface area contributed by atoms with Gasteiger partial charge in [-0.3, -0.25) is 0 Å². The molecule has 0 aliphatic carbocycles. The molecule has 0 radical (unpaired) electrons. The Morgan fingerprint density at radius 3 is 1.78 bits per heavy atom. The van der Waals surface area contributed by atoms with Crippen LogP contribution in [0.2, 0.25) is 0 Å². The van der Waals surface area contributed by atoms with Gasteiger partial charge >= 0.3 is 0 Å². The highest BCUT2D eigenvalue weighted by molar-refractivity contribution is 4.94. The van der Waals surface area contributed by atoms with Crippen molar-refractivity contribution >= 4 is 0 Å². The van der Waals surface area contributed by atoms with Crippen molar-refractivity contribution in [3.05, 3.63) is 12.2 Å². The summed E-state index contributed by atoms with van der Waals surface area (Å²) in [4.78, 5) is 0. The third-order valence-electron chi connectivity index (χ3n) is 1.16. The van der Waals surface area contributed by atoms with Crippen molar-refractivity contribution < 1.29 is 14.2 Å². The average Bonchev–Trinajstić information content (AvgIpc) is 2.34. The van der Waals surface area contributed by atoms with Crippen molar-refractivity contribution in [3.63, 3.8) is 0 Å². The average molecular weight is 130 g/mol. The monoisotopic (exact) mass is 130 g/mol. The van der Waals surface area contributed by atoms with E-state index in [0.717, 1.165) is 0 Å². The summed E-state index contributed by atoms with van der Waals surface area (Å²) < 4.78 is 14.8. The smallest absolute Gasteiger partial charge is 0.180 e. The fraction of sp³-hybridized carbons (Fsp3) is 0.667. The number of ether oxygens (including phenoxy) is 3. The Morgan fingerprint density at radius 1 is 1.11 bits per heavy atom. The van der Waals surface area contributed by atoms with Gasteiger partial charge in [0.25, 0.3) is 0 Å². The summed E-state index contributed by atoms with van der Waals surface area (Å²) >= 11 is 0. The fourth-order valence-electron chi connectivity index (χ4n) is 0.673. The van der Waals surface area contributed by atoms with Crippen LogP contribution in [0.25, 0.3) is 0 Å². The SMILES string of the molecule is CO[C@H]1C=C[C@H](OC)O1. The van der Waals surface area contributed by atoms with E-state index >= 15 is 0 Å². The van der Waals surface area contributed by atoms with Gasteiger partial charge in [0.1, 0.15) is 0 Å². The Labute approximate surface area is 54.2 Å². The lowest BCUT2D eigenvalue weighted by Crippen LogP contribution is -2.14. The van der Waals surface area contributed by atoms with E-state index in [9.17, 15) is 0 Å². The minimum atomic E-state index is -0.227. The Kier molecular flexibility index (Phi) is 2.22. The number of hydrogen-bond donors (Lipinski definition) is 0. The highest BCUT2D eigenvalue weighted by atomic mass is 16.8. The van der Waals surface area contributed by atoms with Crippen LogP contribution in [0.1, 0.15) is 0 Å². The molecule has 0 saturated carbocycles.